The number of aryl methyl sites for hydroxylation is 2. The van der Waals surface area contributed by atoms with Gasteiger partial charge in [-0.05, 0) is 44.0 Å². The van der Waals surface area contributed by atoms with Gasteiger partial charge in [0.15, 0.2) is 10.8 Å². The lowest BCUT2D eigenvalue weighted by Crippen LogP contribution is -2.28. The normalized spacial score (nSPS) is 12.0. The van der Waals surface area contributed by atoms with Crippen LogP contribution in [0.5, 0.6) is 0 Å². The molecule has 1 aromatic carbocycles. The van der Waals surface area contributed by atoms with Gasteiger partial charge < -0.3 is 5.32 Å². The predicted octanol–water partition coefficient (Wildman–Crippen LogP) is 3.24. The highest BCUT2D eigenvalue weighted by Gasteiger charge is 2.14. The highest BCUT2D eigenvalue weighted by atomic mass is 35.5. The van der Waals surface area contributed by atoms with E-state index >= 15 is 0 Å². The van der Waals surface area contributed by atoms with E-state index in [0.29, 0.717) is 0 Å². The summed E-state index contributed by atoms with van der Waals surface area (Å²) in [6.45, 7) is 6.02. The molecule has 1 N–H and O–H groups in total. The molecule has 0 aliphatic heterocycles. The van der Waals surface area contributed by atoms with E-state index in [2.05, 4.69) is 21.6 Å². The third-order valence-corrected chi connectivity index (χ3v) is 3.31. The minimum Gasteiger partial charge on any atom is -0.344 e. The summed E-state index contributed by atoms with van der Waals surface area (Å²) in [4.78, 5) is 12.1. The summed E-state index contributed by atoms with van der Waals surface area (Å²) in [7, 11) is 0. The first kappa shape index (κ1) is 14.5. The number of hydrogen-bond acceptors (Lipinski definition) is 3. The Balaban J connectivity index is 2.12. The number of halogens is 1. The Labute approximate surface area is 123 Å². The molecular weight excluding hydrogens is 274 g/mol. The average molecular weight is 290 g/mol. The van der Waals surface area contributed by atoms with Gasteiger partial charge in [0.25, 0.3) is 5.91 Å². The maximum absolute atomic E-state index is 12.1. The van der Waals surface area contributed by atoms with Gasteiger partial charge in [0, 0.05) is 0 Å². The summed E-state index contributed by atoms with van der Waals surface area (Å²) in [5.74, 6) is -0.262. The van der Waals surface area contributed by atoms with Crippen molar-refractivity contribution in [1.82, 2.24) is 15.5 Å². The van der Waals surface area contributed by atoms with E-state index < -0.39 is 0 Å². The number of carbonyl (C=O) groups is 1. The van der Waals surface area contributed by atoms with E-state index in [-0.39, 0.29) is 22.8 Å². The Bertz CT molecular complexity index is 626. The third-order valence-electron chi connectivity index (χ3n) is 3.10. The Kier molecular flexibility index (Phi) is 4.35. The van der Waals surface area contributed by atoms with Crippen molar-refractivity contribution in [3.05, 3.63) is 57.9 Å². The second kappa shape index (κ2) is 6.01. The average Bonchev–Trinajstić information content (AvgIpc) is 2.39. The van der Waals surface area contributed by atoms with Crippen LogP contribution < -0.4 is 5.32 Å². The van der Waals surface area contributed by atoms with Crippen LogP contribution in [0.2, 0.25) is 5.15 Å². The molecule has 1 heterocycles. The van der Waals surface area contributed by atoms with Crippen LogP contribution in [0.3, 0.4) is 0 Å². The first-order valence-corrected chi connectivity index (χ1v) is 6.72. The van der Waals surface area contributed by atoms with Crippen molar-refractivity contribution in [2.45, 2.75) is 26.8 Å². The predicted molar refractivity (Wildman–Crippen MR) is 78.8 cm³/mol. The van der Waals surface area contributed by atoms with Crippen LogP contribution in [-0.4, -0.2) is 16.1 Å². The number of aromatic nitrogens is 2. The van der Waals surface area contributed by atoms with Gasteiger partial charge in [0.1, 0.15) is 0 Å². The highest BCUT2D eigenvalue weighted by molar-refractivity contribution is 6.29. The molecule has 20 heavy (non-hydrogen) atoms. The zero-order valence-electron chi connectivity index (χ0n) is 11.6. The summed E-state index contributed by atoms with van der Waals surface area (Å²) in [6.07, 6.45) is 0. The van der Waals surface area contributed by atoms with Crippen LogP contribution in [-0.2, 0) is 0 Å². The van der Waals surface area contributed by atoms with E-state index in [4.69, 9.17) is 11.6 Å². The van der Waals surface area contributed by atoms with E-state index in [0.717, 1.165) is 11.1 Å². The molecule has 1 aromatic heterocycles. The van der Waals surface area contributed by atoms with E-state index in [1.807, 2.05) is 32.9 Å². The van der Waals surface area contributed by atoms with Crippen LogP contribution in [0.25, 0.3) is 0 Å². The number of nitrogens with zero attached hydrogens (tertiary/aromatic N) is 2. The summed E-state index contributed by atoms with van der Waals surface area (Å²) in [6, 6.07) is 9.17. The van der Waals surface area contributed by atoms with Gasteiger partial charge >= 0.3 is 0 Å². The van der Waals surface area contributed by atoms with Gasteiger partial charge in [0.2, 0.25) is 0 Å². The van der Waals surface area contributed by atoms with Crippen molar-refractivity contribution in [1.29, 1.82) is 0 Å². The Morgan fingerprint density at radius 3 is 2.55 bits per heavy atom. The Morgan fingerprint density at radius 1 is 1.20 bits per heavy atom. The molecule has 2 rings (SSSR count). The van der Waals surface area contributed by atoms with Crippen LogP contribution in [0.15, 0.2) is 30.3 Å². The smallest absolute Gasteiger partial charge is 0.272 e. The Hall–Kier alpha value is -1.94. The lowest BCUT2D eigenvalue weighted by atomic mass is 10.0. The lowest BCUT2D eigenvalue weighted by Gasteiger charge is -2.16. The van der Waals surface area contributed by atoms with Crippen molar-refractivity contribution in [2.75, 3.05) is 0 Å². The van der Waals surface area contributed by atoms with Crippen molar-refractivity contribution in [3.63, 3.8) is 0 Å². The van der Waals surface area contributed by atoms with Crippen molar-refractivity contribution < 1.29 is 4.79 Å². The summed E-state index contributed by atoms with van der Waals surface area (Å²) in [5.41, 5.74) is 3.70. The quantitative estimate of drug-likeness (QED) is 0.944. The molecule has 2 aromatic rings. The second-order valence-electron chi connectivity index (χ2n) is 4.80. The standard InChI is InChI=1S/C15H16ClN3O/c1-9-4-5-12(10(2)8-9)11(3)17-15(20)13-6-7-14(16)19-18-13/h4-8,11H,1-3H3,(H,17,20). The number of rotatable bonds is 3. The van der Waals surface area contributed by atoms with E-state index in [9.17, 15) is 4.79 Å². The number of hydrogen-bond donors (Lipinski definition) is 1. The highest BCUT2D eigenvalue weighted by Crippen LogP contribution is 2.18. The number of nitrogens with one attached hydrogen (secondary N) is 1. The van der Waals surface area contributed by atoms with Crippen molar-refractivity contribution in [2.24, 2.45) is 0 Å². The third kappa shape index (κ3) is 3.33. The number of benzene rings is 1. The van der Waals surface area contributed by atoms with Crippen LogP contribution >= 0.6 is 11.6 Å². The van der Waals surface area contributed by atoms with Crippen LogP contribution in [0.4, 0.5) is 0 Å². The molecule has 0 fully saturated rings. The Morgan fingerprint density at radius 2 is 1.95 bits per heavy atom. The maximum Gasteiger partial charge on any atom is 0.272 e. The molecule has 0 radical (unpaired) electrons. The van der Waals surface area contributed by atoms with Crippen molar-refractivity contribution in [3.8, 4) is 0 Å². The first-order valence-electron chi connectivity index (χ1n) is 6.34. The lowest BCUT2D eigenvalue weighted by molar-refractivity contribution is 0.0933. The minimum atomic E-state index is -0.262. The fraction of sp³-hybridized carbons (Fsp3) is 0.267. The molecule has 4 nitrogen and oxygen atoms in total. The van der Waals surface area contributed by atoms with Gasteiger partial charge in [-0.1, -0.05) is 35.4 Å². The molecule has 104 valence electrons. The molecular formula is C15H16ClN3O. The molecule has 0 saturated carbocycles. The molecule has 1 atom stereocenters. The zero-order valence-corrected chi connectivity index (χ0v) is 12.4. The van der Waals surface area contributed by atoms with Gasteiger partial charge in [0.05, 0.1) is 6.04 Å². The molecule has 0 aliphatic carbocycles. The fourth-order valence-electron chi connectivity index (χ4n) is 2.10. The monoisotopic (exact) mass is 289 g/mol. The summed E-state index contributed by atoms with van der Waals surface area (Å²) >= 11 is 5.65. The SMILES string of the molecule is Cc1ccc(C(C)NC(=O)c2ccc(Cl)nn2)c(C)c1. The maximum atomic E-state index is 12.1. The zero-order chi connectivity index (χ0) is 14.7. The van der Waals surface area contributed by atoms with E-state index in [1.54, 1.807) is 12.1 Å². The van der Waals surface area contributed by atoms with Gasteiger partial charge in [-0.15, -0.1) is 10.2 Å². The van der Waals surface area contributed by atoms with Crippen LogP contribution in [0.1, 0.15) is 40.1 Å². The summed E-state index contributed by atoms with van der Waals surface area (Å²) < 4.78 is 0. The first-order chi connectivity index (χ1) is 9.47. The van der Waals surface area contributed by atoms with E-state index in [1.165, 1.54) is 5.56 Å². The summed E-state index contributed by atoms with van der Waals surface area (Å²) in [5, 5.41) is 10.6. The largest absolute Gasteiger partial charge is 0.344 e. The molecule has 5 heteroatoms. The molecule has 0 spiro atoms. The molecule has 0 aliphatic rings. The van der Waals surface area contributed by atoms with Gasteiger partial charge in [-0.2, -0.15) is 0 Å². The fourth-order valence-corrected chi connectivity index (χ4v) is 2.20. The van der Waals surface area contributed by atoms with Crippen LogP contribution in [0, 0.1) is 13.8 Å². The second-order valence-corrected chi connectivity index (χ2v) is 5.18. The van der Waals surface area contributed by atoms with Crippen molar-refractivity contribution >= 4 is 17.5 Å². The molecule has 1 unspecified atom stereocenters. The van der Waals surface area contributed by atoms with Gasteiger partial charge in [-0.3, -0.25) is 4.79 Å². The minimum absolute atomic E-state index is 0.0967. The molecule has 1 amide bonds. The molecule has 0 saturated heterocycles. The molecule has 0 bridgehead atoms. The number of carbonyl (C=O) groups excluding carboxylic acids is 1. The number of amides is 1. The van der Waals surface area contributed by atoms with Gasteiger partial charge in [-0.25, -0.2) is 0 Å². The topological polar surface area (TPSA) is 54.9 Å².